The van der Waals surface area contributed by atoms with E-state index < -0.39 is 29.7 Å². The standard InChI is InChI=1S/C20H16F6N4/c21-19(22,23)11-8-15(20(24,25)26)29-16(9-11)30-12-6-5-10(7-12)17(30)18-27-13-3-1-2-4-14(13)28-18/h1-4,8-10,12,17H,5-7H2,(H,27,28)/t10-,12+,17-/m0/s1. The molecule has 0 unspecified atom stereocenters. The van der Waals surface area contributed by atoms with Crippen LogP contribution >= 0.6 is 0 Å². The van der Waals surface area contributed by atoms with Gasteiger partial charge in [-0.2, -0.15) is 26.3 Å². The van der Waals surface area contributed by atoms with E-state index in [1.54, 1.807) is 11.0 Å². The molecule has 3 atom stereocenters. The number of para-hydroxylation sites is 2. The van der Waals surface area contributed by atoms with Gasteiger partial charge in [0.05, 0.1) is 22.6 Å². The third kappa shape index (κ3) is 3.09. The van der Waals surface area contributed by atoms with Crippen molar-refractivity contribution in [1.82, 2.24) is 15.0 Å². The molecule has 1 aromatic carbocycles. The highest BCUT2D eigenvalue weighted by molar-refractivity contribution is 5.75. The van der Waals surface area contributed by atoms with E-state index in [4.69, 9.17) is 0 Å². The fraction of sp³-hybridized carbons (Fsp3) is 0.400. The zero-order valence-electron chi connectivity index (χ0n) is 15.4. The summed E-state index contributed by atoms with van der Waals surface area (Å²) in [6, 6.07) is 7.42. The lowest BCUT2D eigenvalue weighted by Crippen LogP contribution is -2.37. The van der Waals surface area contributed by atoms with E-state index in [9.17, 15) is 26.3 Å². The normalized spacial score (nSPS) is 24.2. The van der Waals surface area contributed by atoms with Crippen LogP contribution in [0.15, 0.2) is 36.4 Å². The Kier molecular flexibility index (Phi) is 4.07. The maximum absolute atomic E-state index is 13.3. The van der Waals surface area contributed by atoms with Crippen LogP contribution in [0.1, 0.15) is 42.4 Å². The fourth-order valence-electron chi connectivity index (χ4n) is 4.74. The zero-order valence-corrected chi connectivity index (χ0v) is 15.4. The Morgan fingerprint density at radius 1 is 0.933 bits per heavy atom. The lowest BCUT2D eigenvalue weighted by molar-refractivity contribution is -0.145. The molecule has 3 heterocycles. The molecule has 1 saturated heterocycles. The minimum absolute atomic E-state index is 0.0635. The summed E-state index contributed by atoms with van der Waals surface area (Å²) in [6.07, 6.45) is -7.68. The van der Waals surface area contributed by atoms with Crippen molar-refractivity contribution in [2.75, 3.05) is 4.90 Å². The Balaban J connectivity index is 1.64. The molecule has 2 aliphatic rings. The van der Waals surface area contributed by atoms with Gasteiger partial charge < -0.3 is 9.88 Å². The smallest absolute Gasteiger partial charge is 0.343 e. The van der Waals surface area contributed by atoms with Crippen molar-refractivity contribution in [3.63, 3.8) is 0 Å². The number of nitrogens with one attached hydrogen (secondary N) is 1. The number of benzene rings is 1. The Hall–Kier alpha value is -2.78. The van der Waals surface area contributed by atoms with E-state index in [0.29, 0.717) is 30.2 Å². The number of fused-ring (bicyclic) bond motifs is 3. The van der Waals surface area contributed by atoms with Crippen molar-refractivity contribution >= 4 is 16.9 Å². The highest BCUT2D eigenvalue weighted by Crippen LogP contribution is 2.52. The number of imidazole rings is 1. The lowest BCUT2D eigenvalue weighted by atomic mass is 9.98. The van der Waals surface area contributed by atoms with Crippen molar-refractivity contribution < 1.29 is 26.3 Å². The van der Waals surface area contributed by atoms with E-state index in [-0.39, 0.29) is 23.8 Å². The Labute approximate surface area is 166 Å². The van der Waals surface area contributed by atoms with Gasteiger partial charge in [0.1, 0.15) is 17.3 Å². The molecular formula is C20H16F6N4. The number of hydrogen-bond acceptors (Lipinski definition) is 3. The van der Waals surface area contributed by atoms with Gasteiger partial charge in [0, 0.05) is 6.04 Å². The van der Waals surface area contributed by atoms with Crippen molar-refractivity contribution in [2.45, 2.75) is 43.7 Å². The first-order valence-corrected chi connectivity index (χ1v) is 9.51. The van der Waals surface area contributed by atoms with Gasteiger partial charge in [0.25, 0.3) is 0 Å². The number of H-pyrrole nitrogens is 1. The van der Waals surface area contributed by atoms with E-state index in [2.05, 4.69) is 15.0 Å². The highest BCUT2D eigenvalue weighted by atomic mass is 19.4. The summed E-state index contributed by atoms with van der Waals surface area (Å²) in [5.74, 6) is 0.312. The monoisotopic (exact) mass is 426 g/mol. The number of pyridine rings is 1. The molecule has 2 bridgehead atoms. The second-order valence-electron chi connectivity index (χ2n) is 7.81. The van der Waals surface area contributed by atoms with E-state index >= 15 is 0 Å². The van der Waals surface area contributed by atoms with Gasteiger partial charge in [-0.3, -0.25) is 0 Å². The molecule has 10 heteroatoms. The summed E-state index contributed by atoms with van der Waals surface area (Å²) in [4.78, 5) is 13.0. The first-order chi connectivity index (χ1) is 14.1. The molecule has 2 fully saturated rings. The number of halogens is 6. The number of hydrogen-bond donors (Lipinski definition) is 1. The minimum Gasteiger partial charge on any atom is -0.343 e. The van der Waals surface area contributed by atoms with Gasteiger partial charge in [-0.05, 0) is 49.4 Å². The van der Waals surface area contributed by atoms with Gasteiger partial charge in [-0.25, -0.2) is 9.97 Å². The lowest BCUT2D eigenvalue weighted by Gasteiger charge is -2.35. The number of piperidine rings is 1. The number of aromatic amines is 1. The molecular weight excluding hydrogens is 410 g/mol. The van der Waals surface area contributed by atoms with Gasteiger partial charge in [0.2, 0.25) is 0 Å². The Morgan fingerprint density at radius 3 is 2.40 bits per heavy atom. The fourth-order valence-corrected chi connectivity index (χ4v) is 4.74. The van der Waals surface area contributed by atoms with Crippen LogP contribution in [0.5, 0.6) is 0 Å². The predicted molar refractivity (Wildman–Crippen MR) is 96.7 cm³/mol. The molecule has 0 amide bonds. The second kappa shape index (κ2) is 6.36. The molecule has 1 N–H and O–H groups in total. The number of alkyl halides is 6. The maximum Gasteiger partial charge on any atom is 0.433 e. The first-order valence-electron chi connectivity index (χ1n) is 9.51. The third-order valence-corrected chi connectivity index (χ3v) is 5.97. The molecule has 5 rings (SSSR count). The molecule has 0 radical (unpaired) electrons. The van der Waals surface area contributed by atoms with Crippen LogP contribution < -0.4 is 4.90 Å². The van der Waals surface area contributed by atoms with Crippen LogP contribution in [0.25, 0.3) is 11.0 Å². The summed E-state index contributed by atoms with van der Waals surface area (Å²) >= 11 is 0. The molecule has 4 nitrogen and oxygen atoms in total. The topological polar surface area (TPSA) is 44.8 Å². The summed E-state index contributed by atoms with van der Waals surface area (Å²) < 4.78 is 79.9. The molecule has 1 aliphatic carbocycles. The predicted octanol–water partition coefficient (Wildman–Crippen LogP) is 5.73. The average Bonchev–Trinajstić information content (AvgIpc) is 3.39. The van der Waals surface area contributed by atoms with Crippen molar-refractivity contribution in [3.8, 4) is 0 Å². The highest BCUT2D eigenvalue weighted by Gasteiger charge is 2.49. The van der Waals surface area contributed by atoms with Gasteiger partial charge >= 0.3 is 12.4 Å². The molecule has 30 heavy (non-hydrogen) atoms. The van der Waals surface area contributed by atoms with E-state index in [1.165, 1.54) is 0 Å². The zero-order chi connectivity index (χ0) is 21.3. The number of anilines is 1. The Bertz CT molecular complexity index is 1040. The molecule has 1 aliphatic heterocycles. The van der Waals surface area contributed by atoms with Crippen molar-refractivity contribution in [2.24, 2.45) is 5.92 Å². The van der Waals surface area contributed by atoms with Crippen LogP contribution in [-0.4, -0.2) is 21.0 Å². The quantitative estimate of drug-likeness (QED) is 0.533. The third-order valence-electron chi connectivity index (χ3n) is 5.97. The SMILES string of the molecule is FC(F)(F)c1cc(N2[C@@H]3CC[C@@H](C3)[C@H]2c2nc3ccccc3[nH]2)nc(C(F)(F)F)c1. The molecule has 1 saturated carbocycles. The van der Waals surface area contributed by atoms with Crippen LogP contribution in [0.3, 0.4) is 0 Å². The molecule has 158 valence electrons. The van der Waals surface area contributed by atoms with Crippen LogP contribution in [0.4, 0.5) is 32.2 Å². The number of rotatable bonds is 2. The molecule has 3 aromatic rings. The second-order valence-corrected chi connectivity index (χ2v) is 7.81. The van der Waals surface area contributed by atoms with Gasteiger partial charge in [-0.15, -0.1) is 0 Å². The summed E-state index contributed by atoms with van der Waals surface area (Å²) in [5, 5.41) is 0. The van der Waals surface area contributed by atoms with Crippen LogP contribution in [0.2, 0.25) is 0 Å². The first kappa shape index (κ1) is 19.2. The summed E-state index contributed by atoms with van der Waals surface area (Å²) in [7, 11) is 0. The van der Waals surface area contributed by atoms with Crippen molar-refractivity contribution in [3.05, 3.63) is 53.5 Å². The maximum atomic E-state index is 13.3. The minimum atomic E-state index is -4.98. The largest absolute Gasteiger partial charge is 0.433 e. The molecule has 0 spiro atoms. The average molecular weight is 426 g/mol. The molecule has 2 aromatic heterocycles. The van der Waals surface area contributed by atoms with Gasteiger partial charge in [-0.1, -0.05) is 12.1 Å². The van der Waals surface area contributed by atoms with Crippen LogP contribution in [-0.2, 0) is 12.4 Å². The summed E-state index contributed by atoms with van der Waals surface area (Å²) in [6.45, 7) is 0. The van der Waals surface area contributed by atoms with E-state index in [1.807, 2.05) is 18.2 Å². The number of aromatic nitrogens is 3. The van der Waals surface area contributed by atoms with Crippen LogP contribution in [0, 0.1) is 5.92 Å². The number of nitrogens with zero attached hydrogens (tertiary/aromatic N) is 3. The summed E-state index contributed by atoms with van der Waals surface area (Å²) in [5.41, 5.74) is -1.43. The van der Waals surface area contributed by atoms with Gasteiger partial charge in [0.15, 0.2) is 0 Å². The van der Waals surface area contributed by atoms with E-state index in [0.717, 1.165) is 11.9 Å². The Morgan fingerprint density at radius 2 is 1.70 bits per heavy atom. The van der Waals surface area contributed by atoms with Crippen molar-refractivity contribution in [1.29, 1.82) is 0 Å².